The van der Waals surface area contributed by atoms with Crippen LogP contribution >= 0.6 is 0 Å². The summed E-state index contributed by atoms with van der Waals surface area (Å²) in [6.07, 6.45) is -2.60. The number of anilines is 1. The number of halogens is 3. The molecule has 1 heterocycles. The van der Waals surface area contributed by atoms with Crippen molar-refractivity contribution < 1.29 is 18.0 Å². The summed E-state index contributed by atoms with van der Waals surface area (Å²) in [5, 5.41) is 2.71. The minimum absolute atomic E-state index is 0.151. The Kier molecular flexibility index (Phi) is 4.01. The Bertz CT molecular complexity index is 513. The van der Waals surface area contributed by atoms with Gasteiger partial charge in [-0.15, -0.1) is 0 Å². The quantitative estimate of drug-likeness (QED) is 0.865. The number of hydrogen-bond donors (Lipinski definition) is 1. The molecule has 0 unspecified atom stereocenters. The summed E-state index contributed by atoms with van der Waals surface area (Å²) in [7, 11) is 0. The lowest BCUT2D eigenvalue weighted by Crippen LogP contribution is -2.36. The largest absolute Gasteiger partial charge is 0.418 e. The van der Waals surface area contributed by atoms with Crippen molar-refractivity contribution in [3.63, 3.8) is 0 Å². The normalized spacial score (nSPS) is 18.9. The minimum atomic E-state index is -4.38. The third-order valence-corrected chi connectivity index (χ3v) is 3.27. The molecule has 0 radical (unpaired) electrons. The predicted molar refractivity (Wildman–Crippen MR) is 70.4 cm³/mol. The first-order valence-electron chi connectivity index (χ1n) is 6.26. The molecule has 1 aliphatic rings. The van der Waals surface area contributed by atoms with Gasteiger partial charge in [0.05, 0.1) is 5.56 Å². The van der Waals surface area contributed by atoms with E-state index in [-0.39, 0.29) is 17.6 Å². The van der Waals surface area contributed by atoms with Crippen LogP contribution in [0.4, 0.5) is 18.9 Å². The van der Waals surface area contributed by atoms with Gasteiger partial charge in [0.2, 0.25) is 5.91 Å². The number of nitrogens with zero attached hydrogens (tertiary/aromatic N) is 1. The van der Waals surface area contributed by atoms with Gasteiger partial charge in [-0.1, -0.05) is 18.7 Å². The summed E-state index contributed by atoms with van der Waals surface area (Å²) in [6, 6.07) is 5.34. The van der Waals surface area contributed by atoms with Gasteiger partial charge in [-0.3, -0.25) is 4.79 Å². The van der Waals surface area contributed by atoms with Crippen LogP contribution in [0.25, 0.3) is 0 Å². The second-order valence-electron chi connectivity index (χ2n) is 4.66. The molecule has 3 nitrogen and oxygen atoms in total. The van der Waals surface area contributed by atoms with E-state index < -0.39 is 11.7 Å². The van der Waals surface area contributed by atoms with E-state index in [1.54, 1.807) is 11.0 Å². The van der Waals surface area contributed by atoms with Crippen molar-refractivity contribution in [1.82, 2.24) is 5.32 Å². The number of para-hydroxylation sites is 1. The molecule has 1 aromatic rings. The molecular weight excluding hydrogens is 269 g/mol. The molecule has 0 aromatic heterocycles. The summed E-state index contributed by atoms with van der Waals surface area (Å²) >= 11 is 0. The standard InChI is InChI=1S/C14H15F3N2O/c1-2-13(20)18-10-7-8-19(9-10)12-6-4-3-5-11(12)14(15,16)17/h2-6,10H,1,7-9H2,(H,18,20)/t10-/m1/s1. The topological polar surface area (TPSA) is 32.3 Å². The highest BCUT2D eigenvalue weighted by Crippen LogP contribution is 2.37. The molecule has 0 bridgehead atoms. The zero-order valence-corrected chi connectivity index (χ0v) is 10.8. The average molecular weight is 284 g/mol. The number of hydrogen-bond acceptors (Lipinski definition) is 2. The molecule has 1 amide bonds. The molecular formula is C14H15F3N2O. The minimum Gasteiger partial charge on any atom is -0.369 e. The molecule has 0 aliphatic carbocycles. The van der Waals surface area contributed by atoms with Gasteiger partial charge in [-0.2, -0.15) is 13.2 Å². The highest BCUT2D eigenvalue weighted by Gasteiger charge is 2.36. The molecule has 20 heavy (non-hydrogen) atoms. The van der Waals surface area contributed by atoms with Gasteiger partial charge in [-0.25, -0.2) is 0 Å². The van der Waals surface area contributed by atoms with Crippen molar-refractivity contribution in [2.45, 2.75) is 18.6 Å². The number of benzene rings is 1. The van der Waals surface area contributed by atoms with Crippen LogP contribution in [0.2, 0.25) is 0 Å². The Morgan fingerprint density at radius 3 is 2.75 bits per heavy atom. The molecule has 1 saturated heterocycles. The van der Waals surface area contributed by atoms with E-state index >= 15 is 0 Å². The lowest BCUT2D eigenvalue weighted by atomic mass is 10.1. The van der Waals surface area contributed by atoms with Gasteiger partial charge in [0.15, 0.2) is 0 Å². The van der Waals surface area contributed by atoms with Crippen LogP contribution in [-0.2, 0) is 11.0 Å². The third-order valence-electron chi connectivity index (χ3n) is 3.27. The zero-order valence-electron chi connectivity index (χ0n) is 10.8. The molecule has 108 valence electrons. The highest BCUT2D eigenvalue weighted by atomic mass is 19.4. The fourth-order valence-electron chi connectivity index (χ4n) is 2.35. The lowest BCUT2D eigenvalue weighted by molar-refractivity contribution is -0.137. The zero-order chi connectivity index (χ0) is 14.8. The van der Waals surface area contributed by atoms with Crippen molar-refractivity contribution in [3.8, 4) is 0 Å². The van der Waals surface area contributed by atoms with Crippen molar-refractivity contribution in [3.05, 3.63) is 42.5 Å². The Hall–Kier alpha value is -1.98. The molecule has 1 fully saturated rings. The Morgan fingerprint density at radius 1 is 1.40 bits per heavy atom. The smallest absolute Gasteiger partial charge is 0.369 e. The third kappa shape index (κ3) is 3.12. The monoisotopic (exact) mass is 284 g/mol. The molecule has 2 rings (SSSR count). The first kappa shape index (κ1) is 14.4. The van der Waals surface area contributed by atoms with Gasteiger partial charge < -0.3 is 10.2 Å². The van der Waals surface area contributed by atoms with E-state index in [0.717, 1.165) is 12.1 Å². The maximum atomic E-state index is 13.0. The molecule has 0 saturated carbocycles. The Morgan fingerprint density at radius 2 is 2.10 bits per heavy atom. The van der Waals surface area contributed by atoms with Crippen molar-refractivity contribution in [1.29, 1.82) is 0 Å². The van der Waals surface area contributed by atoms with Gasteiger partial charge in [0.1, 0.15) is 0 Å². The van der Waals surface area contributed by atoms with Crippen LogP contribution < -0.4 is 10.2 Å². The second kappa shape index (κ2) is 5.56. The molecule has 1 aromatic carbocycles. The van der Waals surface area contributed by atoms with Crippen LogP contribution in [0.3, 0.4) is 0 Å². The van der Waals surface area contributed by atoms with Crippen molar-refractivity contribution in [2.24, 2.45) is 0 Å². The van der Waals surface area contributed by atoms with E-state index in [9.17, 15) is 18.0 Å². The second-order valence-corrected chi connectivity index (χ2v) is 4.66. The van der Waals surface area contributed by atoms with E-state index in [1.165, 1.54) is 12.1 Å². The van der Waals surface area contributed by atoms with Crippen LogP contribution in [0.15, 0.2) is 36.9 Å². The number of rotatable bonds is 3. The fraction of sp³-hybridized carbons (Fsp3) is 0.357. The number of carbonyl (C=O) groups is 1. The average Bonchev–Trinajstić information content (AvgIpc) is 2.86. The molecule has 0 spiro atoms. The summed E-state index contributed by atoms with van der Waals surface area (Å²) in [4.78, 5) is 12.9. The van der Waals surface area contributed by atoms with Crippen molar-refractivity contribution in [2.75, 3.05) is 18.0 Å². The van der Waals surface area contributed by atoms with Crippen LogP contribution in [0, 0.1) is 0 Å². The van der Waals surface area contributed by atoms with Gasteiger partial charge in [0, 0.05) is 24.8 Å². The molecule has 6 heteroatoms. The number of amides is 1. The Balaban J connectivity index is 2.14. The van der Waals surface area contributed by atoms with Crippen LogP contribution in [0.1, 0.15) is 12.0 Å². The summed E-state index contributed by atoms with van der Waals surface area (Å²) in [5.41, 5.74) is -0.481. The van der Waals surface area contributed by atoms with Crippen LogP contribution in [0.5, 0.6) is 0 Å². The molecule has 1 aliphatic heterocycles. The van der Waals surface area contributed by atoms with E-state index in [1.807, 2.05) is 0 Å². The van der Waals surface area contributed by atoms with Crippen LogP contribution in [-0.4, -0.2) is 25.0 Å². The van der Waals surface area contributed by atoms with E-state index in [2.05, 4.69) is 11.9 Å². The Labute approximate surface area is 115 Å². The number of alkyl halides is 3. The summed E-state index contributed by atoms with van der Waals surface area (Å²) < 4.78 is 38.9. The van der Waals surface area contributed by atoms with Crippen molar-refractivity contribution >= 4 is 11.6 Å². The van der Waals surface area contributed by atoms with Gasteiger partial charge in [0.25, 0.3) is 0 Å². The SMILES string of the molecule is C=CC(=O)N[C@@H]1CCN(c2ccccc2C(F)(F)F)C1. The maximum absolute atomic E-state index is 13.0. The summed E-state index contributed by atoms with van der Waals surface area (Å²) in [6.45, 7) is 4.20. The predicted octanol–water partition coefficient (Wildman–Crippen LogP) is 2.59. The maximum Gasteiger partial charge on any atom is 0.418 e. The molecule has 1 N–H and O–H groups in total. The van der Waals surface area contributed by atoms with Gasteiger partial charge >= 0.3 is 6.18 Å². The molecule has 1 atom stereocenters. The first-order valence-corrected chi connectivity index (χ1v) is 6.26. The summed E-state index contributed by atoms with van der Waals surface area (Å²) in [5.74, 6) is -0.305. The van der Waals surface area contributed by atoms with Gasteiger partial charge in [-0.05, 0) is 24.6 Å². The van der Waals surface area contributed by atoms with E-state index in [4.69, 9.17) is 0 Å². The first-order chi connectivity index (χ1) is 9.41. The highest BCUT2D eigenvalue weighted by molar-refractivity contribution is 5.87. The van der Waals surface area contributed by atoms with E-state index in [0.29, 0.717) is 19.5 Å². The lowest BCUT2D eigenvalue weighted by Gasteiger charge is -2.23. The number of nitrogens with one attached hydrogen (secondary N) is 1. The fourth-order valence-corrected chi connectivity index (χ4v) is 2.35. The number of carbonyl (C=O) groups excluding carboxylic acids is 1.